The zero-order valence-corrected chi connectivity index (χ0v) is 13.0. The van der Waals surface area contributed by atoms with Gasteiger partial charge in [0.15, 0.2) is 0 Å². The van der Waals surface area contributed by atoms with Crippen molar-refractivity contribution in [1.82, 2.24) is 9.80 Å². The third kappa shape index (κ3) is 5.00. The van der Waals surface area contributed by atoms with E-state index in [0.717, 1.165) is 6.54 Å². The van der Waals surface area contributed by atoms with E-state index in [-0.39, 0.29) is 0 Å². The van der Waals surface area contributed by atoms with Crippen LogP contribution in [0.5, 0.6) is 0 Å². The normalized spacial score (nSPS) is 21.1. The Morgan fingerprint density at radius 3 is 2.35 bits per heavy atom. The van der Waals surface area contributed by atoms with E-state index in [4.69, 9.17) is 4.74 Å². The fourth-order valence-electron chi connectivity index (χ4n) is 2.27. The van der Waals surface area contributed by atoms with Gasteiger partial charge >= 0.3 is 12.1 Å². The highest BCUT2D eigenvalue weighted by atomic mass is 16.6. The molecular weight excluding hydrogens is 260 g/mol. The minimum Gasteiger partial charge on any atom is -0.480 e. The summed E-state index contributed by atoms with van der Waals surface area (Å²) in [6, 6.07) is -0.836. The van der Waals surface area contributed by atoms with Gasteiger partial charge < -0.3 is 9.84 Å². The fraction of sp³-hybridized carbons (Fsp3) is 0.857. The van der Waals surface area contributed by atoms with Gasteiger partial charge in [0.25, 0.3) is 0 Å². The molecule has 1 atom stereocenters. The Labute approximate surface area is 120 Å². The molecule has 1 N–H and O–H groups in total. The summed E-state index contributed by atoms with van der Waals surface area (Å²) in [5, 5.41) is 9.33. The number of carbonyl (C=O) groups excluding carboxylic acids is 1. The number of carbonyl (C=O) groups is 2. The Morgan fingerprint density at radius 2 is 1.90 bits per heavy atom. The third-order valence-corrected chi connectivity index (χ3v) is 3.00. The van der Waals surface area contributed by atoms with Crippen LogP contribution in [0.2, 0.25) is 0 Å². The van der Waals surface area contributed by atoms with Crippen LogP contribution in [0.25, 0.3) is 0 Å². The van der Waals surface area contributed by atoms with Crippen LogP contribution in [-0.4, -0.2) is 64.8 Å². The molecule has 20 heavy (non-hydrogen) atoms. The number of hydrogen-bond acceptors (Lipinski definition) is 4. The first-order chi connectivity index (χ1) is 9.10. The predicted molar refractivity (Wildman–Crippen MR) is 75.6 cm³/mol. The van der Waals surface area contributed by atoms with Crippen LogP contribution in [0.4, 0.5) is 4.79 Å². The van der Waals surface area contributed by atoms with Crippen molar-refractivity contribution in [2.45, 2.75) is 46.3 Å². The third-order valence-electron chi connectivity index (χ3n) is 3.00. The molecule has 116 valence electrons. The predicted octanol–water partition coefficient (Wildman–Crippen LogP) is 1.65. The molecule has 1 rings (SSSR count). The van der Waals surface area contributed by atoms with Crippen molar-refractivity contribution in [3.05, 3.63) is 0 Å². The van der Waals surface area contributed by atoms with E-state index in [2.05, 4.69) is 18.7 Å². The Morgan fingerprint density at radius 1 is 1.30 bits per heavy atom. The largest absolute Gasteiger partial charge is 0.480 e. The fourth-order valence-corrected chi connectivity index (χ4v) is 2.27. The highest BCUT2D eigenvalue weighted by Crippen LogP contribution is 2.16. The second-order valence-electron chi connectivity index (χ2n) is 6.68. The first-order valence-electron chi connectivity index (χ1n) is 7.05. The maximum atomic E-state index is 12.1. The quantitative estimate of drug-likeness (QED) is 0.854. The summed E-state index contributed by atoms with van der Waals surface area (Å²) in [7, 11) is 0. The molecule has 1 saturated heterocycles. The lowest BCUT2D eigenvalue weighted by Gasteiger charge is -2.40. The molecular formula is C14H26N2O4. The van der Waals surface area contributed by atoms with Gasteiger partial charge in [-0.15, -0.1) is 0 Å². The monoisotopic (exact) mass is 286 g/mol. The number of ether oxygens (including phenoxy) is 1. The highest BCUT2D eigenvalue weighted by Gasteiger charge is 2.37. The second kappa shape index (κ2) is 6.43. The summed E-state index contributed by atoms with van der Waals surface area (Å²) in [4.78, 5) is 26.9. The molecule has 1 heterocycles. The van der Waals surface area contributed by atoms with E-state index in [1.807, 2.05) is 0 Å². The zero-order valence-electron chi connectivity index (χ0n) is 13.0. The number of hydrogen-bond donors (Lipinski definition) is 1. The molecule has 6 heteroatoms. The number of aliphatic carboxylic acids is 1. The summed E-state index contributed by atoms with van der Waals surface area (Å²) in [6.07, 6.45) is -0.547. The summed E-state index contributed by atoms with van der Waals surface area (Å²) in [6.45, 7) is 11.8. The van der Waals surface area contributed by atoms with E-state index >= 15 is 0 Å². The van der Waals surface area contributed by atoms with Crippen LogP contribution < -0.4 is 0 Å². The van der Waals surface area contributed by atoms with Gasteiger partial charge in [0.2, 0.25) is 0 Å². The van der Waals surface area contributed by atoms with Crippen LogP contribution in [-0.2, 0) is 9.53 Å². The van der Waals surface area contributed by atoms with E-state index < -0.39 is 23.7 Å². The second-order valence-corrected chi connectivity index (χ2v) is 6.68. The summed E-state index contributed by atoms with van der Waals surface area (Å²) >= 11 is 0. The molecule has 0 bridgehead atoms. The van der Waals surface area contributed by atoms with Gasteiger partial charge in [-0.3, -0.25) is 9.80 Å². The van der Waals surface area contributed by atoms with Crippen molar-refractivity contribution in [3.8, 4) is 0 Å². The maximum absolute atomic E-state index is 12.1. The molecule has 0 spiro atoms. The minimum absolute atomic E-state index is 0.354. The van der Waals surface area contributed by atoms with Crippen LogP contribution >= 0.6 is 0 Å². The van der Waals surface area contributed by atoms with Gasteiger partial charge in [-0.2, -0.15) is 0 Å². The van der Waals surface area contributed by atoms with Crippen molar-refractivity contribution in [1.29, 1.82) is 0 Å². The lowest BCUT2D eigenvalue weighted by atomic mass is 10.1. The number of carboxylic acid groups (broad SMARTS) is 1. The van der Waals surface area contributed by atoms with E-state index in [1.54, 1.807) is 20.8 Å². The standard InChI is InChI=1S/C14H26N2O4/c1-10(2)8-15-6-7-16(11(9-15)12(17)18)13(19)20-14(3,4)5/h10-11H,6-9H2,1-5H3,(H,17,18)/t11-/m0/s1. The average molecular weight is 286 g/mol. The first kappa shape index (κ1) is 16.8. The van der Waals surface area contributed by atoms with E-state index in [1.165, 1.54) is 4.90 Å². The number of amides is 1. The van der Waals surface area contributed by atoms with Crippen molar-refractivity contribution < 1.29 is 19.4 Å². The summed E-state index contributed by atoms with van der Waals surface area (Å²) in [5.41, 5.74) is -0.616. The summed E-state index contributed by atoms with van der Waals surface area (Å²) < 4.78 is 5.28. The number of nitrogens with zero attached hydrogens (tertiary/aromatic N) is 2. The molecule has 0 aliphatic carbocycles. The van der Waals surface area contributed by atoms with Crippen LogP contribution in [0.1, 0.15) is 34.6 Å². The van der Waals surface area contributed by atoms with Gasteiger partial charge in [0.1, 0.15) is 11.6 Å². The number of carboxylic acids is 1. The molecule has 1 amide bonds. The molecule has 1 fully saturated rings. The SMILES string of the molecule is CC(C)CN1CCN(C(=O)OC(C)(C)C)[C@H](C(=O)O)C1. The lowest BCUT2D eigenvalue weighted by Crippen LogP contribution is -2.59. The van der Waals surface area contributed by atoms with Crippen LogP contribution in [0.15, 0.2) is 0 Å². The number of piperazine rings is 1. The maximum Gasteiger partial charge on any atom is 0.411 e. The topological polar surface area (TPSA) is 70.1 Å². The summed E-state index contributed by atoms with van der Waals surface area (Å²) in [5.74, 6) is -0.512. The van der Waals surface area contributed by atoms with Gasteiger partial charge in [0, 0.05) is 26.2 Å². The number of rotatable bonds is 3. The molecule has 0 aromatic carbocycles. The first-order valence-corrected chi connectivity index (χ1v) is 7.05. The molecule has 1 aliphatic rings. The smallest absolute Gasteiger partial charge is 0.411 e. The van der Waals surface area contributed by atoms with E-state index in [9.17, 15) is 14.7 Å². The van der Waals surface area contributed by atoms with Crippen LogP contribution in [0, 0.1) is 5.92 Å². The van der Waals surface area contributed by atoms with Gasteiger partial charge in [-0.25, -0.2) is 9.59 Å². The van der Waals surface area contributed by atoms with Crippen molar-refractivity contribution in [2.75, 3.05) is 26.2 Å². The molecule has 0 aromatic heterocycles. The van der Waals surface area contributed by atoms with Crippen molar-refractivity contribution >= 4 is 12.1 Å². The Bertz CT molecular complexity index is 363. The molecule has 0 aromatic rings. The van der Waals surface area contributed by atoms with Gasteiger partial charge in [-0.05, 0) is 26.7 Å². The van der Waals surface area contributed by atoms with Crippen LogP contribution in [0.3, 0.4) is 0 Å². The molecule has 0 radical (unpaired) electrons. The average Bonchev–Trinajstić information content (AvgIpc) is 2.25. The zero-order chi connectivity index (χ0) is 15.5. The van der Waals surface area contributed by atoms with Crippen molar-refractivity contribution in [2.24, 2.45) is 5.92 Å². The highest BCUT2D eigenvalue weighted by molar-refractivity contribution is 5.80. The van der Waals surface area contributed by atoms with Gasteiger partial charge in [-0.1, -0.05) is 13.8 Å². The molecule has 0 unspecified atom stereocenters. The Kier molecular flexibility index (Phi) is 5.39. The lowest BCUT2D eigenvalue weighted by molar-refractivity contribution is -0.145. The molecule has 0 saturated carbocycles. The minimum atomic E-state index is -0.982. The van der Waals surface area contributed by atoms with E-state index in [0.29, 0.717) is 25.6 Å². The Hall–Kier alpha value is -1.30. The van der Waals surface area contributed by atoms with Gasteiger partial charge in [0.05, 0.1) is 0 Å². The van der Waals surface area contributed by atoms with Crippen molar-refractivity contribution in [3.63, 3.8) is 0 Å². The molecule has 6 nitrogen and oxygen atoms in total. The Balaban J connectivity index is 2.72. The molecule has 1 aliphatic heterocycles.